The zero-order valence-electron chi connectivity index (χ0n) is 14.4. The third-order valence-electron chi connectivity index (χ3n) is 7.18. The SMILES string of the molecule is CC1(C)OC[C@]2(C)[C@@H](CC[C@]3(C)C4=C[C@H](O)C[C@@H]4CC[C@@H]23)O1. The molecule has 1 saturated heterocycles. The molecule has 0 aromatic heterocycles. The highest BCUT2D eigenvalue weighted by Crippen LogP contribution is 2.64. The van der Waals surface area contributed by atoms with E-state index in [1.165, 1.54) is 19.3 Å². The van der Waals surface area contributed by atoms with Crippen molar-refractivity contribution in [3.05, 3.63) is 11.6 Å². The van der Waals surface area contributed by atoms with E-state index in [2.05, 4.69) is 19.9 Å². The van der Waals surface area contributed by atoms with E-state index in [9.17, 15) is 5.11 Å². The standard InChI is InChI=1S/C19H30O3/c1-17(2)21-11-19(4)15-6-5-12-9-13(20)10-14(12)18(15,3)8-7-16(19)22-17/h10,12-13,15-16,20H,5-9,11H2,1-4H3/t12-,13+,15+,16+,18+,19-/m0/s1. The maximum absolute atomic E-state index is 10.1. The predicted octanol–water partition coefficient (Wildman–Crippen LogP) is 3.66. The maximum atomic E-state index is 10.1. The van der Waals surface area contributed by atoms with Gasteiger partial charge in [-0.25, -0.2) is 0 Å². The summed E-state index contributed by atoms with van der Waals surface area (Å²) in [5.41, 5.74) is 1.86. The highest BCUT2D eigenvalue weighted by molar-refractivity contribution is 5.30. The summed E-state index contributed by atoms with van der Waals surface area (Å²) in [7, 11) is 0. The van der Waals surface area contributed by atoms with Crippen LogP contribution in [0.2, 0.25) is 0 Å². The molecule has 1 N–H and O–H groups in total. The molecule has 3 fully saturated rings. The summed E-state index contributed by atoms with van der Waals surface area (Å²) in [6, 6.07) is 0. The van der Waals surface area contributed by atoms with Crippen LogP contribution >= 0.6 is 0 Å². The van der Waals surface area contributed by atoms with E-state index in [-0.39, 0.29) is 16.9 Å². The fourth-order valence-corrected chi connectivity index (χ4v) is 6.10. The Morgan fingerprint density at radius 1 is 1.14 bits per heavy atom. The monoisotopic (exact) mass is 306 g/mol. The minimum Gasteiger partial charge on any atom is -0.389 e. The van der Waals surface area contributed by atoms with Crippen LogP contribution in [0, 0.1) is 22.7 Å². The first-order valence-electron chi connectivity index (χ1n) is 8.97. The van der Waals surface area contributed by atoms with Crippen LogP contribution in [-0.4, -0.2) is 29.7 Å². The van der Waals surface area contributed by atoms with Crippen LogP contribution in [0.25, 0.3) is 0 Å². The van der Waals surface area contributed by atoms with Gasteiger partial charge in [0.2, 0.25) is 0 Å². The summed E-state index contributed by atoms with van der Waals surface area (Å²) >= 11 is 0. The Bertz CT molecular complexity index is 511. The Kier molecular flexibility index (Phi) is 3.16. The molecule has 0 radical (unpaired) electrons. The molecule has 0 amide bonds. The van der Waals surface area contributed by atoms with Crippen molar-refractivity contribution in [1.29, 1.82) is 0 Å². The molecule has 124 valence electrons. The average molecular weight is 306 g/mol. The number of hydrogen-bond acceptors (Lipinski definition) is 3. The number of aliphatic hydroxyl groups excluding tert-OH is 1. The lowest BCUT2D eigenvalue weighted by atomic mass is 9.47. The molecule has 0 aromatic rings. The fraction of sp³-hybridized carbons (Fsp3) is 0.895. The molecular weight excluding hydrogens is 276 g/mol. The first kappa shape index (κ1) is 15.2. The molecule has 0 unspecified atom stereocenters. The lowest BCUT2D eigenvalue weighted by Gasteiger charge is -2.62. The molecule has 4 rings (SSSR count). The second kappa shape index (κ2) is 4.58. The van der Waals surface area contributed by atoms with Gasteiger partial charge in [0.25, 0.3) is 0 Å². The number of hydrogen-bond donors (Lipinski definition) is 1. The largest absolute Gasteiger partial charge is 0.389 e. The molecule has 22 heavy (non-hydrogen) atoms. The maximum Gasteiger partial charge on any atom is 0.163 e. The number of fused-ring (bicyclic) bond motifs is 5. The quantitative estimate of drug-likeness (QED) is 0.694. The molecule has 0 aromatic carbocycles. The highest BCUT2D eigenvalue weighted by Gasteiger charge is 2.61. The van der Waals surface area contributed by atoms with E-state index >= 15 is 0 Å². The summed E-state index contributed by atoms with van der Waals surface area (Å²) in [4.78, 5) is 0. The zero-order valence-corrected chi connectivity index (χ0v) is 14.4. The van der Waals surface area contributed by atoms with Gasteiger partial charge >= 0.3 is 0 Å². The normalized spacial score (nSPS) is 53.2. The molecular formula is C19H30O3. The van der Waals surface area contributed by atoms with E-state index in [4.69, 9.17) is 9.47 Å². The second-order valence-corrected chi connectivity index (χ2v) is 9.01. The van der Waals surface area contributed by atoms with Crippen LogP contribution in [0.1, 0.15) is 59.8 Å². The molecule has 1 aliphatic heterocycles. The Morgan fingerprint density at radius 2 is 1.91 bits per heavy atom. The van der Waals surface area contributed by atoms with Gasteiger partial charge in [-0.1, -0.05) is 25.5 Å². The molecule has 3 nitrogen and oxygen atoms in total. The van der Waals surface area contributed by atoms with E-state index in [1.54, 1.807) is 5.57 Å². The molecule has 4 aliphatic rings. The number of allylic oxidation sites excluding steroid dienone is 1. The van der Waals surface area contributed by atoms with Gasteiger partial charge in [-0.05, 0) is 63.2 Å². The van der Waals surface area contributed by atoms with E-state index < -0.39 is 5.79 Å². The van der Waals surface area contributed by atoms with Crippen LogP contribution in [-0.2, 0) is 9.47 Å². The van der Waals surface area contributed by atoms with Crippen molar-refractivity contribution in [2.75, 3.05) is 6.61 Å². The molecule has 3 heteroatoms. The van der Waals surface area contributed by atoms with E-state index in [1.807, 2.05) is 13.8 Å². The van der Waals surface area contributed by atoms with Crippen molar-refractivity contribution in [3.8, 4) is 0 Å². The van der Waals surface area contributed by atoms with E-state index in [0.717, 1.165) is 19.4 Å². The van der Waals surface area contributed by atoms with Gasteiger partial charge in [0, 0.05) is 5.41 Å². The van der Waals surface area contributed by atoms with Gasteiger partial charge in [0.15, 0.2) is 5.79 Å². The van der Waals surface area contributed by atoms with Crippen LogP contribution in [0.3, 0.4) is 0 Å². The minimum absolute atomic E-state index is 0.0991. The number of aliphatic hydroxyl groups is 1. The molecule has 0 bridgehead atoms. The smallest absolute Gasteiger partial charge is 0.163 e. The number of ether oxygens (including phenoxy) is 2. The molecule has 6 atom stereocenters. The summed E-state index contributed by atoms with van der Waals surface area (Å²) in [5.74, 6) is 0.763. The van der Waals surface area contributed by atoms with Crippen molar-refractivity contribution in [2.24, 2.45) is 22.7 Å². The molecule has 2 saturated carbocycles. The van der Waals surface area contributed by atoms with Gasteiger partial charge in [-0.15, -0.1) is 0 Å². The van der Waals surface area contributed by atoms with Crippen molar-refractivity contribution in [2.45, 2.75) is 77.8 Å². The van der Waals surface area contributed by atoms with Gasteiger partial charge < -0.3 is 14.6 Å². The molecule has 3 aliphatic carbocycles. The topological polar surface area (TPSA) is 38.7 Å². The van der Waals surface area contributed by atoms with Crippen LogP contribution < -0.4 is 0 Å². The van der Waals surface area contributed by atoms with E-state index in [0.29, 0.717) is 17.9 Å². The van der Waals surface area contributed by atoms with Gasteiger partial charge in [-0.2, -0.15) is 0 Å². The Balaban J connectivity index is 1.69. The lowest BCUT2D eigenvalue weighted by molar-refractivity contribution is -0.340. The highest BCUT2D eigenvalue weighted by atomic mass is 16.7. The minimum atomic E-state index is -0.446. The Morgan fingerprint density at radius 3 is 2.68 bits per heavy atom. The Hall–Kier alpha value is -0.380. The third-order valence-corrected chi connectivity index (χ3v) is 7.18. The van der Waals surface area contributed by atoms with Gasteiger partial charge in [-0.3, -0.25) is 0 Å². The van der Waals surface area contributed by atoms with Gasteiger partial charge in [0.05, 0.1) is 18.8 Å². The number of rotatable bonds is 0. The molecule has 1 heterocycles. The first-order chi connectivity index (χ1) is 10.2. The van der Waals surface area contributed by atoms with Crippen molar-refractivity contribution < 1.29 is 14.6 Å². The van der Waals surface area contributed by atoms with Crippen LogP contribution in [0.5, 0.6) is 0 Å². The average Bonchev–Trinajstić information content (AvgIpc) is 2.82. The van der Waals surface area contributed by atoms with Crippen molar-refractivity contribution in [1.82, 2.24) is 0 Å². The predicted molar refractivity (Wildman–Crippen MR) is 85.3 cm³/mol. The molecule has 0 spiro atoms. The van der Waals surface area contributed by atoms with Crippen LogP contribution in [0.15, 0.2) is 11.6 Å². The lowest BCUT2D eigenvalue weighted by Crippen LogP contribution is -2.62. The van der Waals surface area contributed by atoms with Crippen molar-refractivity contribution >= 4 is 0 Å². The second-order valence-electron chi connectivity index (χ2n) is 9.01. The summed E-state index contributed by atoms with van der Waals surface area (Å²) < 4.78 is 12.4. The summed E-state index contributed by atoms with van der Waals surface area (Å²) in [6.07, 6.45) is 7.95. The fourth-order valence-electron chi connectivity index (χ4n) is 6.10. The van der Waals surface area contributed by atoms with Crippen LogP contribution in [0.4, 0.5) is 0 Å². The Labute approximate surface area is 134 Å². The van der Waals surface area contributed by atoms with Gasteiger partial charge in [0.1, 0.15) is 0 Å². The summed E-state index contributed by atoms with van der Waals surface area (Å²) in [6.45, 7) is 9.68. The van der Waals surface area contributed by atoms with Crippen molar-refractivity contribution in [3.63, 3.8) is 0 Å². The third kappa shape index (κ3) is 1.98. The first-order valence-corrected chi connectivity index (χ1v) is 8.97. The summed E-state index contributed by atoms with van der Waals surface area (Å²) in [5, 5.41) is 10.1. The zero-order chi connectivity index (χ0) is 15.8.